The number of carbonyl (C=O) groups excluding carboxylic acids is 2. The number of anilines is 1. The molecule has 1 fully saturated rings. The van der Waals surface area contributed by atoms with Crippen LogP contribution in [0.5, 0.6) is 0 Å². The fraction of sp³-hybridized carbons (Fsp3) is 0.345. The van der Waals surface area contributed by atoms with Crippen LogP contribution in [0.3, 0.4) is 0 Å². The molecule has 1 aliphatic heterocycles. The van der Waals surface area contributed by atoms with Gasteiger partial charge in [-0.1, -0.05) is 57.0 Å². The Labute approximate surface area is 212 Å². The van der Waals surface area contributed by atoms with Crippen LogP contribution in [-0.2, 0) is 4.79 Å². The maximum Gasteiger partial charge on any atom is 0.264 e. The van der Waals surface area contributed by atoms with Crippen LogP contribution in [0.15, 0.2) is 65.9 Å². The van der Waals surface area contributed by atoms with Gasteiger partial charge in [0.05, 0.1) is 17.7 Å². The number of nitriles is 3. The van der Waals surface area contributed by atoms with Crippen LogP contribution >= 0.6 is 0 Å². The van der Waals surface area contributed by atoms with Crippen LogP contribution in [0.4, 0.5) is 5.69 Å². The second kappa shape index (κ2) is 12.3. The standard InChI is InChI=1S/C29H29N5O2/c1-3-5-16-33(17-6-4-2)24-14-12-21(13-15-24)26-25(20-32)27(23(18-30)19-31)34(29(26)36)28(35)22-10-8-7-9-11-22/h7-15,25-26H,3-6,16-17H2,1-2H3. The highest BCUT2D eigenvalue weighted by atomic mass is 16.2. The topological polar surface area (TPSA) is 112 Å². The summed E-state index contributed by atoms with van der Waals surface area (Å²) in [4.78, 5) is 30.1. The van der Waals surface area contributed by atoms with Gasteiger partial charge in [-0.25, -0.2) is 4.90 Å². The number of carbonyl (C=O) groups is 2. The lowest BCUT2D eigenvalue weighted by Gasteiger charge is -2.25. The van der Waals surface area contributed by atoms with Crippen molar-refractivity contribution in [1.29, 1.82) is 15.8 Å². The van der Waals surface area contributed by atoms with Crippen molar-refractivity contribution in [3.8, 4) is 18.2 Å². The van der Waals surface area contributed by atoms with E-state index in [-0.39, 0.29) is 11.3 Å². The fourth-order valence-corrected chi connectivity index (χ4v) is 4.45. The van der Waals surface area contributed by atoms with E-state index in [1.54, 1.807) is 54.6 Å². The van der Waals surface area contributed by atoms with Gasteiger partial charge in [0.15, 0.2) is 5.57 Å². The Bertz CT molecular complexity index is 1220. The van der Waals surface area contributed by atoms with Crippen molar-refractivity contribution in [3.63, 3.8) is 0 Å². The highest BCUT2D eigenvalue weighted by Gasteiger charge is 2.50. The van der Waals surface area contributed by atoms with Gasteiger partial charge in [-0.05, 0) is 42.7 Å². The molecular formula is C29H29N5O2. The van der Waals surface area contributed by atoms with Crippen molar-refractivity contribution in [2.45, 2.75) is 45.4 Å². The van der Waals surface area contributed by atoms with E-state index >= 15 is 0 Å². The molecule has 0 saturated carbocycles. The molecule has 7 heteroatoms. The van der Waals surface area contributed by atoms with Gasteiger partial charge in [0.2, 0.25) is 5.91 Å². The smallest absolute Gasteiger partial charge is 0.264 e. The van der Waals surface area contributed by atoms with Crippen LogP contribution in [0.25, 0.3) is 0 Å². The third-order valence-electron chi connectivity index (χ3n) is 6.38. The Morgan fingerprint density at radius 1 is 0.917 bits per heavy atom. The molecule has 7 nitrogen and oxygen atoms in total. The number of amides is 2. The molecule has 0 radical (unpaired) electrons. The van der Waals surface area contributed by atoms with Crippen molar-refractivity contribution >= 4 is 17.5 Å². The first-order chi connectivity index (χ1) is 17.5. The molecule has 0 spiro atoms. The lowest BCUT2D eigenvalue weighted by molar-refractivity contribution is -0.126. The molecule has 3 rings (SSSR count). The number of unbranched alkanes of at least 4 members (excludes halogenated alkanes) is 2. The van der Waals surface area contributed by atoms with Crippen LogP contribution in [0, 0.1) is 39.9 Å². The first-order valence-electron chi connectivity index (χ1n) is 12.2. The number of rotatable bonds is 9. The average molecular weight is 480 g/mol. The predicted octanol–water partition coefficient (Wildman–Crippen LogP) is 5.30. The van der Waals surface area contributed by atoms with E-state index in [9.17, 15) is 25.4 Å². The highest BCUT2D eigenvalue weighted by Crippen LogP contribution is 2.43. The normalized spacial score (nSPS) is 16.7. The molecule has 2 atom stereocenters. The minimum atomic E-state index is -1.14. The molecule has 1 heterocycles. The van der Waals surface area contributed by atoms with Gasteiger partial charge in [0.25, 0.3) is 5.91 Å². The molecule has 2 aromatic carbocycles. The SMILES string of the molecule is CCCCN(CCCC)c1ccc(C2C(=O)N(C(=O)c3ccccc3)C(=C(C#N)C#N)C2C#N)cc1. The number of nitrogens with zero attached hydrogens (tertiary/aromatic N) is 5. The van der Waals surface area contributed by atoms with E-state index in [1.165, 1.54) is 0 Å². The van der Waals surface area contributed by atoms with E-state index in [4.69, 9.17) is 0 Å². The molecule has 0 aliphatic carbocycles. The minimum Gasteiger partial charge on any atom is -0.372 e. The molecule has 1 saturated heterocycles. The summed E-state index contributed by atoms with van der Waals surface area (Å²) in [5.41, 5.74) is 1.26. The van der Waals surface area contributed by atoms with Gasteiger partial charge in [-0.2, -0.15) is 15.8 Å². The summed E-state index contributed by atoms with van der Waals surface area (Å²) < 4.78 is 0. The van der Waals surface area contributed by atoms with Crippen molar-refractivity contribution in [1.82, 2.24) is 4.90 Å². The summed E-state index contributed by atoms with van der Waals surface area (Å²) in [5.74, 6) is -3.41. The van der Waals surface area contributed by atoms with Gasteiger partial charge < -0.3 is 4.90 Å². The van der Waals surface area contributed by atoms with Gasteiger partial charge in [-0.3, -0.25) is 9.59 Å². The number of likely N-dealkylation sites (tertiary alicyclic amines) is 1. The van der Waals surface area contributed by atoms with Crippen LogP contribution in [0.1, 0.15) is 61.4 Å². The van der Waals surface area contributed by atoms with E-state index < -0.39 is 29.2 Å². The van der Waals surface area contributed by atoms with Crippen molar-refractivity contribution < 1.29 is 9.59 Å². The fourth-order valence-electron chi connectivity index (χ4n) is 4.45. The Balaban J connectivity index is 2.04. The summed E-state index contributed by atoms with van der Waals surface area (Å²) in [6.07, 6.45) is 4.31. The second-order valence-electron chi connectivity index (χ2n) is 8.70. The summed E-state index contributed by atoms with van der Waals surface area (Å²) in [6.45, 7) is 6.16. The summed E-state index contributed by atoms with van der Waals surface area (Å²) in [7, 11) is 0. The molecule has 182 valence electrons. The van der Waals surface area contributed by atoms with Gasteiger partial charge in [-0.15, -0.1) is 0 Å². The van der Waals surface area contributed by atoms with Gasteiger partial charge >= 0.3 is 0 Å². The minimum absolute atomic E-state index is 0.150. The van der Waals surface area contributed by atoms with Crippen molar-refractivity contribution in [2.75, 3.05) is 18.0 Å². The van der Waals surface area contributed by atoms with Gasteiger partial charge in [0.1, 0.15) is 18.1 Å². The summed E-state index contributed by atoms with van der Waals surface area (Å²) in [5, 5.41) is 29.1. The zero-order chi connectivity index (χ0) is 26.1. The van der Waals surface area contributed by atoms with E-state index in [0.29, 0.717) is 5.56 Å². The Hall–Kier alpha value is -4.41. The van der Waals surface area contributed by atoms with Gasteiger partial charge in [0, 0.05) is 24.3 Å². The molecule has 36 heavy (non-hydrogen) atoms. The van der Waals surface area contributed by atoms with E-state index in [2.05, 4.69) is 24.8 Å². The first-order valence-corrected chi connectivity index (χ1v) is 12.2. The third-order valence-corrected chi connectivity index (χ3v) is 6.38. The third kappa shape index (κ3) is 5.29. The predicted molar refractivity (Wildman–Crippen MR) is 136 cm³/mol. The Morgan fingerprint density at radius 2 is 1.50 bits per heavy atom. The van der Waals surface area contributed by atoms with Crippen molar-refractivity contribution in [3.05, 3.63) is 77.0 Å². The number of benzene rings is 2. The molecule has 0 N–H and O–H groups in total. The quantitative estimate of drug-likeness (QED) is 0.356. The Kier molecular flexibility index (Phi) is 8.98. The molecule has 2 unspecified atom stereocenters. The number of hydrogen-bond acceptors (Lipinski definition) is 6. The largest absolute Gasteiger partial charge is 0.372 e. The summed E-state index contributed by atoms with van der Waals surface area (Å²) >= 11 is 0. The lowest BCUT2D eigenvalue weighted by atomic mass is 9.86. The Morgan fingerprint density at radius 3 is 2.00 bits per heavy atom. The first kappa shape index (κ1) is 26.2. The van der Waals surface area contributed by atoms with Crippen LogP contribution in [-0.4, -0.2) is 29.8 Å². The highest BCUT2D eigenvalue weighted by molar-refractivity contribution is 6.10. The maximum atomic E-state index is 13.6. The maximum absolute atomic E-state index is 13.6. The van der Waals surface area contributed by atoms with Crippen LogP contribution in [0.2, 0.25) is 0 Å². The zero-order valence-corrected chi connectivity index (χ0v) is 20.6. The molecular weight excluding hydrogens is 450 g/mol. The van der Waals surface area contributed by atoms with Crippen molar-refractivity contribution in [2.24, 2.45) is 5.92 Å². The molecule has 2 aromatic rings. The van der Waals surface area contributed by atoms with E-state index in [1.807, 2.05) is 12.1 Å². The zero-order valence-electron chi connectivity index (χ0n) is 20.6. The molecule has 2 amide bonds. The molecule has 1 aliphatic rings. The lowest BCUT2D eigenvalue weighted by Crippen LogP contribution is -2.33. The number of imide groups is 1. The van der Waals surface area contributed by atoms with E-state index in [0.717, 1.165) is 49.4 Å². The second-order valence-corrected chi connectivity index (χ2v) is 8.70. The van der Waals surface area contributed by atoms with Crippen LogP contribution < -0.4 is 4.90 Å². The average Bonchev–Trinajstić information content (AvgIpc) is 3.21. The summed E-state index contributed by atoms with van der Waals surface area (Å²) in [6, 6.07) is 21.3. The molecule has 0 bridgehead atoms. The molecule has 0 aromatic heterocycles. The number of allylic oxidation sites excluding steroid dienone is 2. The monoisotopic (exact) mass is 479 g/mol. The number of hydrogen-bond donors (Lipinski definition) is 0.